The fourth-order valence-corrected chi connectivity index (χ4v) is 5.61. The Kier molecular flexibility index (Phi) is 4.45. The van der Waals surface area contributed by atoms with Crippen molar-refractivity contribution in [2.75, 3.05) is 6.61 Å². The van der Waals surface area contributed by atoms with Gasteiger partial charge in [0.1, 0.15) is 17.9 Å². The molecule has 0 saturated carbocycles. The molecule has 0 radical (unpaired) electrons. The van der Waals surface area contributed by atoms with Crippen LogP contribution in [0.5, 0.6) is 0 Å². The van der Waals surface area contributed by atoms with Crippen molar-refractivity contribution in [3.63, 3.8) is 0 Å². The summed E-state index contributed by atoms with van der Waals surface area (Å²) in [6, 6.07) is 6.36. The molecule has 150 valence electrons. The summed E-state index contributed by atoms with van der Waals surface area (Å²) in [5, 5.41) is 1.31. The fraction of sp³-hybridized carbons (Fsp3) is 0.545. The van der Waals surface area contributed by atoms with E-state index in [1.54, 1.807) is 0 Å². The van der Waals surface area contributed by atoms with Crippen molar-refractivity contribution in [3.05, 3.63) is 35.8 Å². The Morgan fingerprint density at radius 2 is 1.86 bits per heavy atom. The van der Waals surface area contributed by atoms with Crippen LogP contribution in [0, 0.1) is 0 Å². The normalized spacial score (nSPS) is 16.0. The van der Waals surface area contributed by atoms with E-state index >= 15 is 0 Å². The average Bonchev–Trinajstić information content (AvgIpc) is 2.98. The van der Waals surface area contributed by atoms with E-state index in [0.717, 1.165) is 34.3 Å². The Morgan fingerprint density at radius 3 is 2.57 bits per heavy atom. The third kappa shape index (κ3) is 3.08. The summed E-state index contributed by atoms with van der Waals surface area (Å²) < 4.78 is 14.8. The molecule has 0 bridgehead atoms. The highest BCUT2D eigenvalue weighted by molar-refractivity contribution is 6.74. The van der Waals surface area contributed by atoms with Crippen molar-refractivity contribution >= 4 is 30.3 Å². The topological polar surface area (TPSA) is 49.2 Å². The highest BCUT2D eigenvalue weighted by Crippen LogP contribution is 2.43. The summed E-state index contributed by atoms with van der Waals surface area (Å²) in [7, 11) is -1.95. The Labute approximate surface area is 168 Å². The molecule has 4 rings (SSSR count). The zero-order valence-corrected chi connectivity index (χ0v) is 19.1. The first-order valence-corrected chi connectivity index (χ1v) is 13.0. The van der Waals surface area contributed by atoms with E-state index in [1.807, 2.05) is 6.20 Å². The van der Waals surface area contributed by atoms with Gasteiger partial charge in [-0.05, 0) is 43.6 Å². The molecule has 1 aliphatic heterocycles. The van der Waals surface area contributed by atoms with Crippen LogP contribution < -0.4 is 0 Å². The number of rotatable bonds is 3. The molecule has 1 aliphatic rings. The van der Waals surface area contributed by atoms with E-state index in [-0.39, 0.29) is 5.04 Å². The molecule has 0 spiro atoms. The van der Waals surface area contributed by atoms with Crippen molar-refractivity contribution in [1.29, 1.82) is 0 Å². The van der Waals surface area contributed by atoms with E-state index in [2.05, 4.69) is 70.5 Å². The minimum absolute atomic E-state index is 0.148. The van der Waals surface area contributed by atoms with Crippen LogP contribution in [0.2, 0.25) is 18.1 Å². The maximum atomic E-state index is 6.91. The summed E-state index contributed by atoms with van der Waals surface area (Å²) >= 11 is 0. The number of imidazole rings is 1. The quantitative estimate of drug-likeness (QED) is 0.557. The maximum absolute atomic E-state index is 6.91. The molecule has 0 atom stereocenters. The smallest absolute Gasteiger partial charge is 0.193 e. The van der Waals surface area contributed by atoms with E-state index < -0.39 is 13.9 Å². The maximum Gasteiger partial charge on any atom is 0.193 e. The van der Waals surface area contributed by atoms with Gasteiger partial charge in [-0.25, -0.2) is 4.98 Å². The molecule has 0 N–H and O–H groups in total. The molecule has 6 heteroatoms. The van der Waals surface area contributed by atoms with Crippen LogP contribution in [0.4, 0.5) is 0 Å². The van der Waals surface area contributed by atoms with Crippen molar-refractivity contribution in [1.82, 2.24) is 14.5 Å². The van der Waals surface area contributed by atoms with Gasteiger partial charge in [-0.15, -0.1) is 0 Å². The molecule has 0 saturated heterocycles. The van der Waals surface area contributed by atoms with E-state index in [0.29, 0.717) is 13.2 Å². The molecule has 0 amide bonds. The molecule has 28 heavy (non-hydrogen) atoms. The van der Waals surface area contributed by atoms with Crippen LogP contribution in [0.15, 0.2) is 24.4 Å². The summed E-state index contributed by atoms with van der Waals surface area (Å²) in [4.78, 5) is 9.50. The fourth-order valence-electron chi connectivity index (χ4n) is 3.92. The second kappa shape index (κ2) is 6.37. The minimum atomic E-state index is -1.95. The van der Waals surface area contributed by atoms with Gasteiger partial charge >= 0.3 is 0 Å². The van der Waals surface area contributed by atoms with Gasteiger partial charge < -0.3 is 13.7 Å². The van der Waals surface area contributed by atoms with Crippen LogP contribution in [-0.2, 0) is 27.9 Å². The number of aromatic nitrogens is 3. The van der Waals surface area contributed by atoms with Crippen LogP contribution in [0.25, 0.3) is 21.9 Å². The minimum Gasteiger partial charge on any atom is -0.408 e. The molecule has 3 aromatic rings. The highest BCUT2D eigenvalue weighted by Gasteiger charge is 2.42. The van der Waals surface area contributed by atoms with Gasteiger partial charge in [-0.2, -0.15) is 0 Å². The van der Waals surface area contributed by atoms with Crippen molar-refractivity contribution in [3.8, 4) is 0 Å². The van der Waals surface area contributed by atoms with E-state index in [1.165, 1.54) is 5.56 Å². The average molecular weight is 398 g/mol. The van der Waals surface area contributed by atoms with Crippen LogP contribution in [-0.4, -0.2) is 29.5 Å². The zero-order valence-electron chi connectivity index (χ0n) is 18.1. The third-order valence-corrected chi connectivity index (χ3v) is 11.0. The lowest BCUT2D eigenvalue weighted by Gasteiger charge is -2.43. The second-order valence-electron chi connectivity index (χ2n) is 9.80. The van der Waals surface area contributed by atoms with Gasteiger partial charge in [-0.3, -0.25) is 4.98 Å². The molecule has 2 aromatic heterocycles. The number of ether oxygens (including phenoxy) is 1. The predicted octanol–water partition coefficient (Wildman–Crippen LogP) is 5.37. The molecule has 0 aliphatic carbocycles. The van der Waals surface area contributed by atoms with Crippen molar-refractivity contribution in [2.24, 2.45) is 0 Å². The number of nitrogens with zero attached hydrogens (tertiary/aromatic N) is 3. The largest absolute Gasteiger partial charge is 0.408 e. The highest BCUT2D eigenvalue weighted by atomic mass is 28.4. The molecular formula is C22H31N3O2Si. The van der Waals surface area contributed by atoms with Gasteiger partial charge in [0, 0.05) is 11.9 Å². The van der Waals surface area contributed by atoms with E-state index in [9.17, 15) is 0 Å². The van der Waals surface area contributed by atoms with Gasteiger partial charge in [-0.1, -0.05) is 32.9 Å². The Balaban J connectivity index is 1.95. The second-order valence-corrected chi connectivity index (χ2v) is 14.5. The van der Waals surface area contributed by atoms with Gasteiger partial charge in [0.05, 0.1) is 29.4 Å². The molecule has 3 heterocycles. The number of pyridine rings is 1. The van der Waals surface area contributed by atoms with Crippen LogP contribution >= 0.6 is 0 Å². The number of fused-ring (bicyclic) bond motifs is 5. The molecule has 0 fully saturated rings. The Bertz CT molecular complexity index is 1050. The molecule has 5 nitrogen and oxygen atoms in total. The lowest BCUT2D eigenvalue weighted by atomic mass is 9.93. The lowest BCUT2D eigenvalue weighted by Crippen LogP contribution is -2.46. The van der Waals surface area contributed by atoms with Gasteiger partial charge in [0.25, 0.3) is 0 Å². The van der Waals surface area contributed by atoms with Crippen LogP contribution in [0.3, 0.4) is 0 Å². The first-order valence-electron chi connectivity index (χ1n) is 10.1. The number of hydrogen-bond donors (Lipinski definition) is 0. The summed E-state index contributed by atoms with van der Waals surface area (Å²) in [6.07, 6.45) is 1.88. The van der Waals surface area contributed by atoms with Crippen LogP contribution in [0.1, 0.15) is 46.0 Å². The van der Waals surface area contributed by atoms with Gasteiger partial charge in [0.2, 0.25) is 0 Å². The Hall–Kier alpha value is -1.76. The first-order chi connectivity index (χ1) is 13.0. The zero-order chi connectivity index (χ0) is 20.3. The third-order valence-electron chi connectivity index (χ3n) is 6.33. The number of benzene rings is 1. The standard InChI is InChI=1S/C22H31N3O2Si/c1-21(2,3)28(6,7)27-22(4,5)15-9-8-10-16-19(15)20-17(13-23-16)24-18-14-26-12-11-25(18)20/h8-10,13H,11-12,14H2,1-7H3. The van der Waals surface area contributed by atoms with Crippen molar-refractivity contribution in [2.45, 2.75) is 71.5 Å². The predicted molar refractivity (Wildman–Crippen MR) is 116 cm³/mol. The SMILES string of the molecule is CC(C)(O[Si](C)(C)C(C)(C)C)c1cccc2ncc3nc4n(c3c12)CCOC4. The Morgan fingerprint density at radius 1 is 1.11 bits per heavy atom. The molecule has 1 aromatic carbocycles. The molecular weight excluding hydrogens is 366 g/mol. The summed E-state index contributed by atoms with van der Waals surface area (Å²) in [5.74, 6) is 0.980. The van der Waals surface area contributed by atoms with E-state index in [4.69, 9.17) is 19.1 Å². The van der Waals surface area contributed by atoms with Gasteiger partial charge in [0.15, 0.2) is 8.32 Å². The summed E-state index contributed by atoms with van der Waals surface area (Å²) in [6.45, 7) is 18.0. The lowest BCUT2D eigenvalue weighted by molar-refractivity contribution is 0.0830. The molecule has 0 unspecified atom stereocenters. The monoisotopic (exact) mass is 397 g/mol. The first kappa shape index (κ1) is 19.5. The van der Waals surface area contributed by atoms with Crippen molar-refractivity contribution < 1.29 is 9.16 Å². The summed E-state index contributed by atoms with van der Waals surface area (Å²) in [5.41, 5.74) is 3.84. The number of hydrogen-bond acceptors (Lipinski definition) is 4.